The lowest BCUT2D eigenvalue weighted by atomic mass is 10.2. The number of pyridine rings is 1. The fourth-order valence-corrected chi connectivity index (χ4v) is 3.44. The Morgan fingerprint density at radius 2 is 2.10 bits per heavy atom. The molecule has 118 valence electrons. The summed E-state index contributed by atoms with van der Waals surface area (Å²) in [7, 11) is -1.99. The van der Waals surface area contributed by atoms with Gasteiger partial charge < -0.3 is 4.43 Å². The molecule has 1 aromatic rings. The van der Waals surface area contributed by atoms with Crippen LogP contribution in [0.1, 0.15) is 32.9 Å². The summed E-state index contributed by atoms with van der Waals surface area (Å²) in [6, 6.07) is 5.48. The number of rotatable bonds is 6. The molecule has 1 atom stereocenters. The Kier molecular flexibility index (Phi) is 7.00. The van der Waals surface area contributed by atoms with Crippen molar-refractivity contribution in [2.75, 3.05) is 4.43 Å². The molecule has 0 aromatic carbocycles. The van der Waals surface area contributed by atoms with Gasteiger partial charge in [0, 0.05) is 10.6 Å². The summed E-state index contributed by atoms with van der Waals surface area (Å²) in [6.07, 6.45) is 3.37. The highest BCUT2D eigenvalue weighted by atomic mass is 127. The largest absolute Gasteiger partial charge is 0.408 e. The Balaban J connectivity index is 2.94. The molecule has 0 radical (unpaired) electrons. The van der Waals surface area contributed by atoms with E-state index < -0.39 is 14.4 Å². The maximum atomic E-state index is 14.6. The topological polar surface area (TPSA) is 22.1 Å². The normalized spacial score (nSPS) is 15.1. The van der Waals surface area contributed by atoms with Crippen LogP contribution in [-0.2, 0) is 4.43 Å². The molecule has 0 N–H and O–H groups in total. The van der Waals surface area contributed by atoms with Crippen LogP contribution in [0.5, 0.6) is 0 Å². The minimum absolute atomic E-state index is 0.0712. The molecule has 0 aliphatic rings. The first kappa shape index (κ1) is 18.8. The standard InChI is InChI=1S/C16H25FINOSi/c1-16(2,3)21(4,5)20-15(9-10-18)14(17)12-13-8-6-7-11-19-13/h6-8,11-12,15H,9-10H2,1-5H3/b14-12-/t15-/m0/s1. The van der Waals surface area contributed by atoms with Crippen LogP contribution in [0.2, 0.25) is 18.1 Å². The van der Waals surface area contributed by atoms with Gasteiger partial charge in [-0.2, -0.15) is 0 Å². The Morgan fingerprint density at radius 3 is 2.57 bits per heavy atom. The van der Waals surface area contributed by atoms with E-state index in [1.54, 1.807) is 12.3 Å². The number of hydrogen-bond acceptors (Lipinski definition) is 2. The molecule has 0 aliphatic heterocycles. The van der Waals surface area contributed by atoms with Crippen LogP contribution in [0.4, 0.5) is 4.39 Å². The highest BCUT2D eigenvalue weighted by molar-refractivity contribution is 14.1. The molecule has 0 fully saturated rings. The van der Waals surface area contributed by atoms with Crippen molar-refractivity contribution in [3.63, 3.8) is 0 Å². The smallest absolute Gasteiger partial charge is 0.193 e. The molecule has 0 aliphatic carbocycles. The van der Waals surface area contributed by atoms with Gasteiger partial charge in [-0.15, -0.1) is 0 Å². The predicted octanol–water partition coefficient (Wildman–Crippen LogP) is 5.61. The number of hydrogen-bond donors (Lipinski definition) is 0. The zero-order valence-corrected chi connectivity index (χ0v) is 16.6. The van der Waals surface area contributed by atoms with Crippen molar-refractivity contribution in [2.24, 2.45) is 0 Å². The third kappa shape index (κ3) is 5.79. The monoisotopic (exact) mass is 421 g/mol. The van der Waals surface area contributed by atoms with Gasteiger partial charge in [0.25, 0.3) is 0 Å². The highest BCUT2D eigenvalue weighted by Crippen LogP contribution is 2.38. The van der Waals surface area contributed by atoms with Crippen molar-refractivity contribution in [2.45, 2.75) is 51.4 Å². The van der Waals surface area contributed by atoms with E-state index in [9.17, 15) is 4.39 Å². The Bertz CT molecular complexity index is 471. The van der Waals surface area contributed by atoms with Crippen molar-refractivity contribution >= 4 is 37.0 Å². The summed E-state index contributed by atoms with van der Waals surface area (Å²) >= 11 is 2.27. The van der Waals surface area contributed by atoms with Gasteiger partial charge >= 0.3 is 0 Å². The van der Waals surface area contributed by atoms with E-state index in [0.29, 0.717) is 12.1 Å². The summed E-state index contributed by atoms with van der Waals surface area (Å²) < 4.78 is 21.7. The van der Waals surface area contributed by atoms with Crippen molar-refractivity contribution in [1.82, 2.24) is 4.98 Å². The van der Waals surface area contributed by atoms with Gasteiger partial charge in [-0.05, 0) is 42.8 Å². The van der Waals surface area contributed by atoms with E-state index in [0.717, 1.165) is 4.43 Å². The zero-order chi connectivity index (χ0) is 16.1. The van der Waals surface area contributed by atoms with E-state index in [1.807, 2.05) is 12.1 Å². The van der Waals surface area contributed by atoms with Gasteiger partial charge in [0.15, 0.2) is 8.32 Å². The second kappa shape index (κ2) is 7.83. The number of alkyl halides is 1. The maximum absolute atomic E-state index is 14.6. The van der Waals surface area contributed by atoms with Crippen LogP contribution in [-0.4, -0.2) is 23.8 Å². The van der Waals surface area contributed by atoms with E-state index >= 15 is 0 Å². The van der Waals surface area contributed by atoms with E-state index in [4.69, 9.17) is 4.43 Å². The van der Waals surface area contributed by atoms with Crippen molar-refractivity contribution < 1.29 is 8.82 Å². The first-order valence-electron chi connectivity index (χ1n) is 7.19. The fraction of sp³-hybridized carbons (Fsp3) is 0.562. The van der Waals surface area contributed by atoms with Crippen LogP contribution in [0.3, 0.4) is 0 Å². The van der Waals surface area contributed by atoms with Gasteiger partial charge in [0.1, 0.15) is 5.83 Å². The van der Waals surface area contributed by atoms with Crippen molar-refractivity contribution in [3.05, 3.63) is 35.9 Å². The Hall–Kier alpha value is -0.273. The van der Waals surface area contributed by atoms with Gasteiger partial charge in [-0.1, -0.05) is 49.4 Å². The molecule has 0 saturated carbocycles. The minimum Gasteiger partial charge on any atom is -0.408 e. The lowest BCUT2D eigenvalue weighted by Gasteiger charge is -2.38. The van der Waals surface area contributed by atoms with Crippen LogP contribution in [0.15, 0.2) is 30.2 Å². The summed E-state index contributed by atoms with van der Waals surface area (Å²) in [5.41, 5.74) is 0.632. The second-order valence-electron chi connectivity index (χ2n) is 6.63. The average molecular weight is 421 g/mol. The van der Waals surface area contributed by atoms with Gasteiger partial charge in [-0.25, -0.2) is 4.39 Å². The molecule has 2 nitrogen and oxygen atoms in total. The molecule has 0 unspecified atom stereocenters. The predicted molar refractivity (Wildman–Crippen MR) is 98.9 cm³/mol. The molecule has 1 aromatic heterocycles. The number of nitrogens with zero attached hydrogens (tertiary/aromatic N) is 1. The van der Waals surface area contributed by atoms with E-state index in [2.05, 4.69) is 61.4 Å². The van der Waals surface area contributed by atoms with Crippen LogP contribution in [0.25, 0.3) is 6.08 Å². The fourth-order valence-electron chi connectivity index (χ4n) is 1.58. The van der Waals surface area contributed by atoms with Crippen molar-refractivity contribution in [3.8, 4) is 0 Å². The molecule has 0 bridgehead atoms. The molecule has 5 heteroatoms. The lowest BCUT2D eigenvalue weighted by molar-refractivity contribution is 0.187. The Morgan fingerprint density at radius 1 is 1.43 bits per heavy atom. The molecule has 1 rings (SSSR count). The molecule has 0 spiro atoms. The summed E-state index contributed by atoms with van der Waals surface area (Å²) in [5, 5.41) is 0.0712. The summed E-state index contributed by atoms with van der Waals surface area (Å²) in [5.74, 6) is -0.227. The van der Waals surface area contributed by atoms with Crippen LogP contribution >= 0.6 is 22.6 Å². The number of aromatic nitrogens is 1. The zero-order valence-electron chi connectivity index (χ0n) is 13.5. The maximum Gasteiger partial charge on any atom is 0.193 e. The quantitative estimate of drug-likeness (QED) is 0.339. The highest BCUT2D eigenvalue weighted by Gasteiger charge is 2.39. The van der Waals surface area contributed by atoms with E-state index in [-0.39, 0.29) is 10.9 Å². The Labute approximate surface area is 142 Å². The summed E-state index contributed by atoms with van der Waals surface area (Å²) in [4.78, 5) is 4.14. The van der Waals surface area contributed by atoms with Gasteiger partial charge in [-0.3, -0.25) is 4.98 Å². The van der Waals surface area contributed by atoms with E-state index in [1.165, 1.54) is 6.08 Å². The minimum atomic E-state index is -1.99. The van der Waals surface area contributed by atoms with Crippen LogP contribution < -0.4 is 0 Å². The van der Waals surface area contributed by atoms with Gasteiger partial charge in [0.05, 0.1) is 11.8 Å². The molecular formula is C16H25FINOSi. The second-order valence-corrected chi connectivity index (χ2v) is 12.5. The summed E-state index contributed by atoms with van der Waals surface area (Å²) in [6.45, 7) is 10.8. The average Bonchev–Trinajstić information content (AvgIpc) is 2.37. The lowest BCUT2D eigenvalue weighted by Crippen LogP contribution is -2.44. The molecule has 0 amide bonds. The van der Waals surface area contributed by atoms with Crippen LogP contribution in [0, 0.1) is 0 Å². The SMILES string of the molecule is CC(C)(C)[Si](C)(C)O[C@@H](CCI)/C(F)=C/c1ccccn1. The van der Waals surface area contributed by atoms with Crippen molar-refractivity contribution in [1.29, 1.82) is 0 Å². The molecule has 0 saturated heterocycles. The third-order valence-corrected chi connectivity index (χ3v) is 9.00. The first-order valence-corrected chi connectivity index (χ1v) is 11.6. The van der Waals surface area contributed by atoms with Gasteiger partial charge in [0.2, 0.25) is 0 Å². The molecule has 21 heavy (non-hydrogen) atoms. The number of halogens is 2. The first-order chi connectivity index (χ1) is 9.67. The molecule has 1 heterocycles. The third-order valence-electron chi connectivity index (χ3n) is 3.90. The molecular weight excluding hydrogens is 396 g/mol.